The quantitative estimate of drug-likeness (QED) is 0.490. The van der Waals surface area contributed by atoms with Crippen LogP contribution in [0.1, 0.15) is 35.9 Å². The number of nitrogens with zero attached hydrogens (tertiary/aromatic N) is 1. The number of nitrogens with one attached hydrogen (secondary N) is 3. The summed E-state index contributed by atoms with van der Waals surface area (Å²) in [5.74, 6) is -0.335. The number of H-pyrrole nitrogens is 1. The van der Waals surface area contributed by atoms with Crippen molar-refractivity contribution in [1.29, 1.82) is 0 Å². The molecule has 7 nitrogen and oxygen atoms in total. The van der Waals surface area contributed by atoms with Gasteiger partial charge < -0.3 is 20.7 Å². The van der Waals surface area contributed by atoms with Crippen molar-refractivity contribution in [3.05, 3.63) is 59.9 Å². The molecule has 0 spiro atoms. The number of carboxylic acid groups (broad SMARTS) is 1. The highest BCUT2D eigenvalue weighted by Crippen LogP contribution is 2.14. The average molecular weight is 366 g/mol. The lowest BCUT2D eigenvalue weighted by atomic mass is 10.1. The van der Waals surface area contributed by atoms with E-state index in [1.165, 1.54) is 0 Å². The number of hydrogen-bond donors (Lipinski definition) is 4. The molecule has 1 unspecified atom stereocenters. The first-order chi connectivity index (χ1) is 13.0. The van der Waals surface area contributed by atoms with Crippen molar-refractivity contribution in [1.82, 2.24) is 15.3 Å². The Labute approximate surface area is 156 Å². The molecule has 3 aromatic rings. The third-order valence-electron chi connectivity index (χ3n) is 4.29. The van der Waals surface area contributed by atoms with Crippen LogP contribution in [0.15, 0.2) is 48.5 Å². The largest absolute Gasteiger partial charge is 0.481 e. The minimum absolute atomic E-state index is 0.0518. The number of carbonyl (C=O) groups excluding carboxylic acids is 1. The molecular weight excluding hydrogens is 344 g/mol. The molecule has 0 fully saturated rings. The van der Waals surface area contributed by atoms with E-state index in [2.05, 4.69) is 20.6 Å². The van der Waals surface area contributed by atoms with E-state index in [9.17, 15) is 9.59 Å². The molecule has 0 bridgehead atoms. The summed E-state index contributed by atoms with van der Waals surface area (Å²) >= 11 is 0. The number of aromatic nitrogens is 2. The summed E-state index contributed by atoms with van der Waals surface area (Å²) in [6.45, 7) is 2.24. The fraction of sp³-hybridized carbons (Fsp3) is 0.250. The lowest BCUT2D eigenvalue weighted by molar-refractivity contribution is -0.137. The summed E-state index contributed by atoms with van der Waals surface area (Å²) in [6.07, 6.45) is 0.752. The Morgan fingerprint density at radius 1 is 1.15 bits per heavy atom. The summed E-state index contributed by atoms with van der Waals surface area (Å²) in [7, 11) is 0. The fourth-order valence-corrected chi connectivity index (χ4v) is 2.82. The first kappa shape index (κ1) is 18.4. The number of rotatable bonds is 8. The zero-order valence-electron chi connectivity index (χ0n) is 15.0. The van der Waals surface area contributed by atoms with Crippen molar-refractivity contribution in [3.63, 3.8) is 0 Å². The maximum absolute atomic E-state index is 12.3. The minimum atomic E-state index is -0.837. The van der Waals surface area contributed by atoms with Crippen molar-refractivity contribution < 1.29 is 14.7 Å². The van der Waals surface area contributed by atoms with Crippen molar-refractivity contribution >= 4 is 28.6 Å². The third kappa shape index (κ3) is 4.84. The number of aromatic amines is 1. The number of para-hydroxylation sites is 2. The van der Waals surface area contributed by atoms with Gasteiger partial charge in [-0.05, 0) is 42.8 Å². The number of amides is 1. The van der Waals surface area contributed by atoms with Crippen LogP contribution in [0.2, 0.25) is 0 Å². The van der Waals surface area contributed by atoms with E-state index >= 15 is 0 Å². The van der Waals surface area contributed by atoms with Crippen LogP contribution in [0.3, 0.4) is 0 Å². The zero-order valence-corrected chi connectivity index (χ0v) is 15.0. The van der Waals surface area contributed by atoms with Gasteiger partial charge in [-0.25, -0.2) is 4.98 Å². The fourth-order valence-electron chi connectivity index (χ4n) is 2.82. The summed E-state index contributed by atoms with van der Waals surface area (Å²) in [6, 6.07) is 14.5. The van der Waals surface area contributed by atoms with E-state index < -0.39 is 5.97 Å². The van der Waals surface area contributed by atoms with Gasteiger partial charge in [-0.1, -0.05) is 19.1 Å². The highest BCUT2D eigenvalue weighted by Gasteiger charge is 2.12. The Kier molecular flexibility index (Phi) is 5.71. The molecule has 4 N–H and O–H groups in total. The molecular formula is C20H22N4O3. The molecule has 2 aromatic carbocycles. The van der Waals surface area contributed by atoms with Gasteiger partial charge in [0.1, 0.15) is 5.82 Å². The van der Waals surface area contributed by atoms with Gasteiger partial charge in [0, 0.05) is 17.3 Å². The molecule has 0 radical (unpaired) electrons. The zero-order chi connectivity index (χ0) is 19.2. The van der Waals surface area contributed by atoms with Gasteiger partial charge in [0.15, 0.2) is 0 Å². The Morgan fingerprint density at radius 3 is 2.56 bits per heavy atom. The van der Waals surface area contributed by atoms with E-state index in [0.717, 1.165) is 16.7 Å². The van der Waals surface area contributed by atoms with Gasteiger partial charge in [0.05, 0.1) is 24.0 Å². The Bertz CT molecular complexity index is 901. The Hall–Kier alpha value is -3.35. The predicted molar refractivity (Wildman–Crippen MR) is 104 cm³/mol. The molecule has 0 saturated carbocycles. The number of hydrogen-bond acceptors (Lipinski definition) is 4. The molecule has 7 heteroatoms. The minimum Gasteiger partial charge on any atom is -0.481 e. The highest BCUT2D eigenvalue weighted by molar-refractivity contribution is 5.94. The van der Waals surface area contributed by atoms with E-state index in [4.69, 9.17) is 5.11 Å². The number of fused-ring (bicyclic) bond motifs is 1. The van der Waals surface area contributed by atoms with Crippen molar-refractivity contribution in [2.24, 2.45) is 0 Å². The number of aliphatic carboxylic acids is 1. The van der Waals surface area contributed by atoms with E-state index in [1.54, 1.807) is 24.3 Å². The SMILES string of the molecule is CCC(CC(=O)O)Nc1ccc(C(=O)NCc2nc3ccccc3[nH]2)cc1. The van der Waals surface area contributed by atoms with E-state index in [1.807, 2.05) is 31.2 Å². The van der Waals surface area contributed by atoms with Gasteiger partial charge in [0.25, 0.3) is 5.91 Å². The second-order valence-electron chi connectivity index (χ2n) is 6.31. The summed E-state index contributed by atoms with van der Waals surface area (Å²) in [4.78, 5) is 30.8. The second-order valence-corrected chi connectivity index (χ2v) is 6.31. The Balaban J connectivity index is 1.57. The molecule has 0 aliphatic rings. The number of carboxylic acids is 1. The van der Waals surface area contributed by atoms with Gasteiger partial charge in [0.2, 0.25) is 0 Å². The van der Waals surface area contributed by atoms with Crippen LogP contribution in [0.25, 0.3) is 11.0 Å². The standard InChI is InChI=1S/C20H22N4O3/c1-2-14(11-19(25)26)22-15-9-7-13(8-10-15)20(27)21-12-18-23-16-5-3-4-6-17(16)24-18/h3-10,14,22H,2,11-12H2,1H3,(H,21,27)(H,23,24)(H,25,26). The number of anilines is 1. The molecule has 1 atom stereocenters. The monoisotopic (exact) mass is 366 g/mol. The summed E-state index contributed by atoms with van der Waals surface area (Å²) in [5.41, 5.74) is 3.12. The Morgan fingerprint density at radius 2 is 1.89 bits per heavy atom. The maximum atomic E-state index is 12.3. The van der Waals surface area contributed by atoms with Crippen molar-refractivity contribution in [2.45, 2.75) is 32.4 Å². The third-order valence-corrected chi connectivity index (χ3v) is 4.29. The lowest BCUT2D eigenvalue weighted by Gasteiger charge is -2.16. The molecule has 140 valence electrons. The molecule has 0 saturated heterocycles. The number of imidazole rings is 1. The smallest absolute Gasteiger partial charge is 0.305 e. The predicted octanol–water partition coefficient (Wildman–Crippen LogP) is 3.16. The topological polar surface area (TPSA) is 107 Å². The average Bonchev–Trinajstić information content (AvgIpc) is 3.08. The molecule has 3 rings (SSSR count). The van der Waals surface area contributed by atoms with Crippen LogP contribution in [-0.4, -0.2) is 33.0 Å². The lowest BCUT2D eigenvalue weighted by Crippen LogP contribution is -2.24. The normalized spacial score (nSPS) is 11.9. The molecule has 1 heterocycles. The van der Waals surface area contributed by atoms with Crippen LogP contribution < -0.4 is 10.6 Å². The van der Waals surface area contributed by atoms with Gasteiger partial charge in [-0.15, -0.1) is 0 Å². The van der Waals surface area contributed by atoms with Crippen molar-refractivity contribution in [2.75, 3.05) is 5.32 Å². The summed E-state index contributed by atoms with van der Waals surface area (Å²) < 4.78 is 0. The molecule has 0 aliphatic carbocycles. The van der Waals surface area contributed by atoms with Gasteiger partial charge in [-0.3, -0.25) is 9.59 Å². The number of carbonyl (C=O) groups is 2. The molecule has 1 amide bonds. The molecule has 27 heavy (non-hydrogen) atoms. The van der Waals surface area contributed by atoms with Gasteiger partial charge >= 0.3 is 5.97 Å². The van der Waals surface area contributed by atoms with Crippen LogP contribution in [0.5, 0.6) is 0 Å². The van der Waals surface area contributed by atoms with Crippen LogP contribution in [-0.2, 0) is 11.3 Å². The van der Waals surface area contributed by atoms with Gasteiger partial charge in [-0.2, -0.15) is 0 Å². The first-order valence-corrected chi connectivity index (χ1v) is 8.85. The van der Waals surface area contributed by atoms with Crippen LogP contribution >= 0.6 is 0 Å². The van der Waals surface area contributed by atoms with E-state index in [0.29, 0.717) is 24.4 Å². The van der Waals surface area contributed by atoms with Crippen LogP contribution in [0, 0.1) is 0 Å². The number of benzene rings is 2. The summed E-state index contributed by atoms with van der Waals surface area (Å²) in [5, 5.41) is 14.9. The van der Waals surface area contributed by atoms with Crippen molar-refractivity contribution in [3.8, 4) is 0 Å². The molecule has 1 aromatic heterocycles. The first-order valence-electron chi connectivity index (χ1n) is 8.85. The van der Waals surface area contributed by atoms with Crippen LogP contribution in [0.4, 0.5) is 5.69 Å². The highest BCUT2D eigenvalue weighted by atomic mass is 16.4. The van der Waals surface area contributed by atoms with E-state index in [-0.39, 0.29) is 18.4 Å². The maximum Gasteiger partial charge on any atom is 0.305 e. The second kappa shape index (κ2) is 8.35. The molecule has 0 aliphatic heterocycles.